The SMILES string of the molecule is C=C(C)C(=O)OCCNC(=O)CCSCC(CC(C)NC(C)=O)N1CCCC1=O. The highest BCUT2D eigenvalue weighted by molar-refractivity contribution is 7.99. The van der Waals surface area contributed by atoms with E-state index in [2.05, 4.69) is 17.2 Å². The van der Waals surface area contributed by atoms with Gasteiger partial charge in [-0.05, 0) is 26.7 Å². The van der Waals surface area contributed by atoms with Crippen LogP contribution >= 0.6 is 11.8 Å². The molecule has 1 aliphatic rings. The summed E-state index contributed by atoms with van der Waals surface area (Å²) in [4.78, 5) is 48.4. The predicted octanol–water partition coefficient (Wildman–Crippen LogP) is 1.25. The van der Waals surface area contributed by atoms with Gasteiger partial charge in [0.15, 0.2) is 0 Å². The predicted molar refractivity (Wildman–Crippen MR) is 113 cm³/mol. The zero-order valence-electron chi connectivity index (χ0n) is 17.6. The molecule has 0 aromatic heterocycles. The molecule has 2 unspecified atom stereocenters. The molecule has 1 heterocycles. The van der Waals surface area contributed by atoms with Gasteiger partial charge in [-0.25, -0.2) is 4.79 Å². The minimum absolute atomic E-state index is 0.0169. The molecule has 1 fully saturated rings. The molecule has 1 aliphatic heterocycles. The molecule has 0 radical (unpaired) electrons. The number of amides is 3. The number of nitrogens with one attached hydrogen (secondary N) is 2. The quantitative estimate of drug-likeness (QED) is 0.260. The second-order valence-electron chi connectivity index (χ2n) is 7.27. The average Bonchev–Trinajstić information content (AvgIpc) is 3.06. The average molecular weight is 428 g/mol. The third-order valence-corrected chi connectivity index (χ3v) is 5.53. The highest BCUT2D eigenvalue weighted by Gasteiger charge is 2.29. The van der Waals surface area contributed by atoms with Crippen molar-refractivity contribution in [2.75, 3.05) is 31.2 Å². The molecule has 8 nitrogen and oxygen atoms in total. The molecule has 0 saturated carbocycles. The van der Waals surface area contributed by atoms with Gasteiger partial charge in [0.1, 0.15) is 6.61 Å². The molecule has 3 amide bonds. The Morgan fingerprint density at radius 2 is 2.03 bits per heavy atom. The summed E-state index contributed by atoms with van der Waals surface area (Å²) in [5.74, 6) is 0.855. The Morgan fingerprint density at radius 3 is 2.62 bits per heavy atom. The lowest BCUT2D eigenvalue weighted by molar-refractivity contribution is -0.139. The van der Waals surface area contributed by atoms with E-state index < -0.39 is 5.97 Å². The zero-order chi connectivity index (χ0) is 21.8. The summed E-state index contributed by atoms with van der Waals surface area (Å²) in [5, 5.41) is 5.58. The van der Waals surface area contributed by atoms with Crippen molar-refractivity contribution in [1.29, 1.82) is 0 Å². The second-order valence-corrected chi connectivity index (χ2v) is 8.42. The fraction of sp³-hybridized carbons (Fsp3) is 0.700. The minimum atomic E-state index is -0.467. The van der Waals surface area contributed by atoms with Crippen molar-refractivity contribution in [2.45, 2.75) is 58.5 Å². The number of hydrogen-bond acceptors (Lipinski definition) is 6. The Balaban J connectivity index is 2.31. The molecule has 0 aromatic rings. The molecule has 0 aromatic carbocycles. The van der Waals surface area contributed by atoms with Gasteiger partial charge in [-0.15, -0.1) is 0 Å². The fourth-order valence-electron chi connectivity index (χ4n) is 3.08. The Labute approximate surface area is 177 Å². The van der Waals surface area contributed by atoms with Crippen LogP contribution in [0.3, 0.4) is 0 Å². The molecule has 29 heavy (non-hydrogen) atoms. The summed E-state index contributed by atoms with van der Waals surface area (Å²) in [6.07, 6.45) is 2.49. The summed E-state index contributed by atoms with van der Waals surface area (Å²) in [5.41, 5.74) is 0.326. The van der Waals surface area contributed by atoms with Crippen LogP contribution in [0.5, 0.6) is 0 Å². The van der Waals surface area contributed by atoms with Gasteiger partial charge in [-0.1, -0.05) is 6.58 Å². The lowest BCUT2D eigenvalue weighted by Crippen LogP contribution is -2.43. The largest absolute Gasteiger partial charge is 0.460 e. The smallest absolute Gasteiger partial charge is 0.333 e. The lowest BCUT2D eigenvalue weighted by Gasteiger charge is -2.30. The van der Waals surface area contributed by atoms with Crippen LogP contribution in [0, 0.1) is 0 Å². The number of nitrogens with zero attached hydrogens (tertiary/aromatic N) is 1. The lowest BCUT2D eigenvalue weighted by atomic mass is 10.1. The van der Waals surface area contributed by atoms with Gasteiger partial charge in [0.2, 0.25) is 17.7 Å². The molecule has 2 N–H and O–H groups in total. The van der Waals surface area contributed by atoms with Gasteiger partial charge in [-0.3, -0.25) is 14.4 Å². The van der Waals surface area contributed by atoms with Gasteiger partial charge in [0, 0.05) is 55.5 Å². The summed E-state index contributed by atoms with van der Waals surface area (Å²) in [6, 6.07) is 0.0261. The Kier molecular flexibility index (Phi) is 11.4. The van der Waals surface area contributed by atoms with Crippen LogP contribution in [0.4, 0.5) is 0 Å². The fourth-order valence-corrected chi connectivity index (χ4v) is 4.17. The molecule has 164 valence electrons. The van der Waals surface area contributed by atoms with Crippen LogP contribution in [0.1, 0.15) is 46.5 Å². The number of thioether (sulfide) groups is 1. The van der Waals surface area contributed by atoms with Crippen molar-refractivity contribution in [3.63, 3.8) is 0 Å². The number of rotatable bonds is 13. The summed E-state index contributed by atoms with van der Waals surface area (Å²) in [7, 11) is 0. The van der Waals surface area contributed by atoms with Gasteiger partial charge < -0.3 is 20.3 Å². The maximum absolute atomic E-state index is 12.1. The molecular weight excluding hydrogens is 394 g/mol. The molecule has 1 saturated heterocycles. The van der Waals surface area contributed by atoms with E-state index in [1.165, 1.54) is 6.92 Å². The third-order valence-electron chi connectivity index (χ3n) is 4.42. The highest BCUT2D eigenvalue weighted by Crippen LogP contribution is 2.21. The highest BCUT2D eigenvalue weighted by atomic mass is 32.2. The van der Waals surface area contributed by atoms with Crippen molar-refractivity contribution < 1.29 is 23.9 Å². The van der Waals surface area contributed by atoms with Crippen molar-refractivity contribution in [3.8, 4) is 0 Å². The molecular formula is C20H33N3O5S. The van der Waals surface area contributed by atoms with Crippen molar-refractivity contribution in [2.24, 2.45) is 0 Å². The number of likely N-dealkylation sites (tertiary alicyclic amines) is 1. The number of ether oxygens (including phenoxy) is 1. The number of hydrogen-bond donors (Lipinski definition) is 2. The van der Waals surface area contributed by atoms with E-state index >= 15 is 0 Å². The molecule has 1 rings (SSSR count). The number of esters is 1. The van der Waals surface area contributed by atoms with E-state index in [1.807, 2.05) is 11.8 Å². The van der Waals surface area contributed by atoms with Crippen molar-refractivity contribution in [1.82, 2.24) is 15.5 Å². The van der Waals surface area contributed by atoms with E-state index in [9.17, 15) is 19.2 Å². The first-order valence-electron chi connectivity index (χ1n) is 9.94. The van der Waals surface area contributed by atoms with Crippen LogP contribution in [0.2, 0.25) is 0 Å². The summed E-state index contributed by atoms with van der Waals surface area (Å²) < 4.78 is 4.92. The Bertz CT molecular complexity index is 611. The second kappa shape index (κ2) is 13.2. The molecule has 0 aliphatic carbocycles. The number of carbonyl (C=O) groups excluding carboxylic acids is 4. The van der Waals surface area contributed by atoms with Crippen LogP contribution in [-0.2, 0) is 23.9 Å². The number of carbonyl (C=O) groups is 4. The van der Waals surface area contributed by atoms with E-state index in [1.54, 1.807) is 18.7 Å². The normalized spacial score (nSPS) is 15.6. The van der Waals surface area contributed by atoms with Gasteiger partial charge in [-0.2, -0.15) is 11.8 Å². The Hall–Kier alpha value is -2.03. The van der Waals surface area contributed by atoms with Crippen LogP contribution in [0.15, 0.2) is 12.2 Å². The molecule has 9 heteroatoms. The van der Waals surface area contributed by atoms with Crippen LogP contribution in [-0.4, -0.2) is 71.9 Å². The summed E-state index contributed by atoms with van der Waals surface area (Å²) in [6.45, 7) is 9.61. The molecule has 0 spiro atoms. The standard InChI is InChI=1S/C20H33N3O5S/c1-14(2)20(27)28-10-8-21-18(25)7-11-29-13-17(12-15(3)22-16(4)24)23-9-5-6-19(23)26/h15,17H,1,5-13H2,2-4H3,(H,21,25)(H,22,24). The topological polar surface area (TPSA) is 105 Å². The Morgan fingerprint density at radius 1 is 1.31 bits per heavy atom. The van der Waals surface area contributed by atoms with Crippen LogP contribution < -0.4 is 10.6 Å². The monoisotopic (exact) mass is 427 g/mol. The van der Waals surface area contributed by atoms with Crippen molar-refractivity contribution in [3.05, 3.63) is 12.2 Å². The maximum Gasteiger partial charge on any atom is 0.333 e. The van der Waals surface area contributed by atoms with Gasteiger partial charge >= 0.3 is 5.97 Å². The zero-order valence-corrected chi connectivity index (χ0v) is 18.4. The van der Waals surface area contributed by atoms with Crippen molar-refractivity contribution >= 4 is 35.5 Å². The van der Waals surface area contributed by atoms with E-state index in [0.29, 0.717) is 30.6 Å². The first-order valence-corrected chi connectivity index (χ1v) is 11.1. The first-order chi connectivity index (χ1) is 13.7. The molecule has 0 bridgehead atoms. The molecule has 2 atom stereocenters. The van der Waals surface area contributed by atoms with E-state index in [4.69, 9.17) is 4.74 Å². The third kappa shape index (κ3) is 10.3. The first kappa shape index (κ1) is 25.0. The minimum Gasteiger partial charge on any atom is -0.460 e. The maximum atomic E-state index is 12.1. The summed E-state index contributed by atoms with van der Waals surface area (Å²) >= 11 is 1.62. The van der Waals surface area contributed by atoms with E-state index in [0.717, 1.165) is 18.7 Å². The van der Waals surface area contributed by atoms with Gasteiger partial charge in [0.05, 0.1) is 6.54 Å². The van der Waals surface area contributed by atoms with E-state index in [-0.39, 0.29) is 43.0 Å². The van der Waals surface area contributed by atoms with Crippen LogP contribution in [0.25, 0.3) is 0 Å². The van der Waals surface area contributed by atoms with Gasteiger partial charge in [0.25, 0.3) is 0 Å².